The van der Waals surface area contributed by atoms with E-state index in [2.05, 4.69) is 25.2 Å². The molecule has 2 amide bonds. The van der Waals surface area contributed by atoms with E-state index in [0.717, 1.165) is 16.8 Å². The van der Waals surface area contributed by atoms with Crippen LogP contribution in [0.3, 0.4) is 0 Å². The zero-order valence-corrected chi connectivity index (χ0v) is 18.2. The first kappa shape index (κ1) is 21.1. The summed E-state index contributed by atoms with van der Waals surface area (Å²) in [6, 6.07) is 20.9. The van der Waals surface area contributed by atoms with Gasteiger partial charge in [0, 0.05) is 16.9 Å². The number of carbonyl (C=O) groups is 2. The molecule has 3 aromatic rings. The molecule has 1 saturated heterocycles. The molecule has 1 aliphatic heterocycles. The van der Waals surface area contributed by atoms with Crippen molar-refractivity contribution in [2.24, 2.45) is 0 Å². The summed E-state index contributed by atoms with van der Waals surface area (Å²) in [6.45, 7) is 4.24. The predicted octanol–water partition coefficient (Wildman–Crippen LogP) is 5.98. The molecule has 158 valence electrons. The van der Waals surface area contributed by atoms with Gasteiger partial charge in [0.25, 0.3) is 5.91 Å². The third-order valence-corrected chi connectivity index (χ3v) is 6.43. The van der Waals surface area contributed by atoms with Gasteiger partial charge in [-0.25, -0.2) is 4.39 Å². The number of rotatable bonds is 5. The molecule has 6 heteroatoms. The van der Waals surface area contributed by atoms with E-state index in [0.29, 0.717) is 17.0 Å². The molecule has 0 aromatic heterocycles. The fraction of sp³-hybridized carbons (Fsp3) is 0.200. The van der Waals surface area contributed by atoms with Crippen molar-refractivity contribution in [3.63, 3.8) is 0 Å². The van der Waals surface area contributed by atoms with Gasteiger partial charge in [-0.2, -0.15) is 0 Å². The molecule has 3 aromatic carbocycles. The molecule has 1 N–H and O–H groups in total. The van der Waals surface area contributed by atoms with Gasteiger partial charge < -0.3 is 5.32 Å². The molecule has 0 aliphatic carbocycles. The summed E-state index contributed by atoms with van der Waals surface area (Å²) in [6.07, 6.45) is 0. The van der Waals surface area contributed by atoms with Crippen molar-refractivity contribution < 1.29 is 14.0 Å². The van der Waals surface area contributed by atoms with Crippen molar-refractivity contribution >= 4 is 35.0 Å². The van der Waals surface area contributed by atoms with Gasteiger partial charge in [0.1, 0.15) is 11.2 Å². The number of anilines is 2. The smallest absolute Gasteiger partial charge is 0.255 e. The molecule has 0 bridgehead atoms. The van der Waals surface area contributed by atoms with Crippen LogP contribution in [0.5, 0.6) is 0 Å². The Morgan fingerprint density at radius 1 is 1.06 bits per heavy atom. The van der Waals surface area contributed by atoms with Crippen LogP contribution < -0.4 is 10.2 Å². The number of benzene rings is 3. The Bertz CT molecular complexity index is 1110. The quantitative estimate of drug-likeness (QED) is 0.537. The van der Waals surface area contributed by atoms with Crippen molar-refractivity contribution in [3.05, 3.63) is 95.3 Å². The van der Waals surface area contributed by atoms with Gasteiger partial charge in [-0.3, -0.25) is 14.5 Å². The summed E-state index contributed by atoms with van der Waals surface area (Å²) in [4.78, 5) is 27.2. The highest BCUT2D eigenvalue weighted by Gasteiger charge is 2.35. The second-order valence-electron chi connectivity index (χ2n) is 7.73. The van der Waals surface area contributed by atoms with Crippen LogP contribution in [0.1, 0.15) is 46.6 Å². The van der Waals surface area contributed by atoms with Crippen molar-refractivity contribution in [2.45, 2.75) is 25.1 Å². The Morgan fingerprint density at radius 3 is 2.55 bits per heavy atom. The molecule has 0 spiro atoms. The summed E-state index contributed by atoms with van der Waals surface area (Å²) in [5.41, 5.74) is 4.00. The van der Waals surface area contributed by atoms with Crippen LogP contribution in [0.25, 0.3) is 0 Å². The third-order valence-electron chi connectivity index (χ3n) is 5.22. The predicted molar refractivity (Wildman–Crippen MR) is 124 cm³/mol. The Hall–Kier alpha value is -3.12. The monoisotopic (exact) mass is 434 g/mol. The zero-order valence-electron chi connectivity index (χ0n) is 17.3. The van der Waals surface area contributed by atoms with E-state index < -0.39 is 0 Å². The van der Waals surface area contributed by atoms with Gasteiger partial charge >= 0.3 is 0 Å². The van der Waals surface area contributed by atoms with Crippen molar-refractivity contribution in [3.8, 4) is 0 Å². The Balaban J connectivity index is 1.61. The minimum Gasteiger partial charge on any atom is -0.322 e. The zero-order chi connectivity index (χ0) is 22.0. The maximum absolute atomic E-state index is 13.1. The number of hydrogen-bond donors (Lipinski definition) is 1. The fourth-order valence-corrected chi connectivity index (χ4v) is 4.86. The van der Waals surface area contributed by atoms with Crippen LogP contribution in [0.2, 0.25) is 0 Å². The van der Waals surface area contributed by atoms with E-state index >= 15 is 0 Å². The molecular formula is C25H23FN2O2S. The van der Waals surface area contributed by atoms with Crippen molar-refractivity contribution in [1.82, 2.24) is 0 Å². The third kappa shape index (κ3) is 4.49. The fourth-order valence-electron chi connectivity index (χ4n) is 3.70. The van der Waals surface area contributed by atoms with E-state index in [1.54, 1.807) is 17.8 Å². The van der Waals surface area contributed by atoms with Crippen LogP contribution in [0.4, 0.5) is 15.8 Å². The SMILES string of the molecule is CC(C)c1ccccc1N1C(=O)CSC1c1cccc(NC(=O)c2ccc(F)cc2)c1. The number of thioether (sulfide) groups is 1. The minimum absolute atomic E-state index is 0.0730. The lowest BCUT2D eigenvalue weighted by molar-refractivity contribution is -0.115. The molecule has 31 heavy (non-hydrogen) atoms. The molecule has 4 rings (SSSR count). The van der Waals surface area contributed by atoms with Crippen LogP contribution in [0, 0.1) is 5.82 Å². The summed E-state index contributed by atoms with van der Waals surface area (Å²) < 4.78 is 13.1. The second-order valence-corrected chi connectivity index (χ2v) is 8.80. The number of amides is 2. The van der Waals surface area contributed by atoms with E-state index in [1.807, 2.05) is 41.3 Å². The van der Waals surface area contributed by atoms with Gasteiger partial charge in [-0.1, -0.05) is 44.2 Å². The van der Waals surface area contributed by atoms with Crippen LogP contribution in [0.15, 0.2) is 72.8 Å². The largest absolute Gasteiger partial charge is 0.322 e. The number of carbonyl (C=O) groups excluding carboxylic acids is 2. The number of hydrogen-bond acceptors (Lipinski definition) is 3. The average molecular weight is 435 g/mol. The average Bonchev–Trinajstić information content (AvgIpc) is 3.15. The van der Waals surface area contributed by atoms with E-state index in [-0.39, 0.29) is 28.9 Å². The van der Waals surface area contributed by atoms with Crippen molar-refractivity contribution in [2.75, 3.05) is 16.0 Å². The first-order valence-electron chi connectivity index (χ1n) is 10.1. The van der Waals surface area contributed by atoms with Crippen LogP contribution in [-0.2, 0) is 4.79 Å². The number of para-hydroxylation sites is 1. The Morgan fingerprint density at radius 2 is 1.81 bits per heavy atom. The topological polar surface area (TPSA) is 49.4 Å². The normalized spacial score (nSPS) is 16.1. The molecule has 1 heterocycles. The first-order valence-corrected chi connectivity index (χ1v) is 11.2. The van der Waals surface area contributed by atoms with Crippen LogP contribution in [-0.4, -0.2) is 17.6 Å². The molecule has 4 nitrogen and oxygen atoms in total. The Kier molecular flexibility index (Phi) is 6.09. The lowest BCUT2D eigenvalue weighted by Crippen LogP contribution is -2.29. The Labute approximate surface area is 185 Å². The number of nitrogens with one attached hydrogen (secondary N) is 1. The highest BCUT2D eigenvalue weighted by molar-refractivity contribution is 8.00. The van der Waals surface area contributed by atoms with E-state index in [9.17, 15) is 14.0 Å². The highest BCUT2D eigenvalue weighted by Crippen LogP contribution is 2.44. The molecule has 0 saturated carbocycles. The summed E-state index contributed by atoms with van der Waals surface area (Å²) in [5.74, 6) is 0.0708. The van der Waals surface area contributed by atoms with Crippen LogP contribution >= 0.6 is 11.8 Å². The summed E-state index contributed by atoms with van der Waals surface area (Å²) in [5, 5.41) is 2.69. The molecule has 1 unspecified atom stereocenters. The second kappa shape index (κ2) is 8.94. The van der Waals surface area contributed by atoms with Gasteiger partial charge in [0.15, 0.2) is 0 Å². The van der Waals surface area contributed by atoms with E-state index in [4.69, 9.17) is 0 Å². The number of nitrogens with zero attached hydrogens (tertiary/aromatic N) is 1. The highest BCUT2D eigenvalue weighted by atomic mass is 32.2. The van der Waals surface area contributed by atoms with Gasteiger partial charge in [-0.15, -0.1) is 11.8 Å². The van der Waals surface area contributed by atoms with Gasteiger partial charge in [-0.05, 0) is 59.5 Å². The lowest BCUT2D eigenvalue weighted by atomic mass is 10.00. The molecule has 0 radical (unpaired) electrons. The standard InChI is InChI=1S/C25H23FN2O2S/c1-16(2)21-8-3-4-9-22(21)28-23(29)15-31-25(28)18-6-5-7-20(14-18)27-24(30)17-10-12-19(26)13-11-17/h3-14,16,25H,15H2,1-2H3,(H,27,30). The minimum atomic E-state index is -0.386. The van der Waals surface area contributed by atoms with Gasteiger partial charge in [0.2, 0.25) is 5.91 Å². The first-order chi connectivity index (χ1) is 14.9. The summed E-state index contributed by atoms with van der Waals surface area (Å²) >= 11 is 1.57. The maximum atomic E-state index is 13.1. The van der Waals surface area contributed by atoms with Gasteiger partial charge in [0.05, 0.1) is 5.75 Å². The molecule has 1 aliphatic rings. The maximum Gasteiger partial charge on any atom is 0.255 e. The lowest BCUT2D eigenvalue weighted by Gasteiger charge is -2.28. The number of halogens is 1. The molecule has 1 atom stereocenters. The molecular weight excluding hydrogens is 411 g/mol. The van der Waals surface area contributed by atoms with E-state index in [1.165, 1.54) is 24.3 Å². The van der Waals surface area contributed by atoms with Crippen molar-refractivity contribution in [1.29, 1.82) is 0 Å². The molecule has 1 fully saturated rings. The summed E-state index contributed by atoms with van der Waals surface area (Å²) in [7, 11) is 0.